The molecule has 1 nitrogen and oxygen atoms in total. The van der Waals surface area contributed by atoms with Gasteiger partial charge in [-0.3, -0.25) is 0 Å². The zero-order valence-electron chi connectivity index (χ0n) is 9.76. The van der Waals surface area contributed by atoms with Gasteiger partial charge in [-0.1, -0.05) is 23.2 Å². The van der Waals surface area contributed by atoms with Gasteiger partial charge in [0.15, 0.2) is 0 Å². The topological polar surface area (TPSA) is 12.0 Å². The van der Waals surface area contributed by atoms with Crippen LogP contribution in [0.4, 0.5) is 0 Å². The van der Waals surface area contributed by atoms with Gasteiger partial charge in [0.05, 0.1) is 0 Å². The Morgan fingerprint density at radius 3 is 2.35 bits per heavy atom. The largest absolute Gasteiger partial charge is 0.309 e. The molecule has 3 rings (SSSR count). The minimum Gasteiger partial charge on any atom is -0.309 e. The van der Waals surface area contributed by atoms with Crippen LogP contribution in [0, 0.1) is 11.8 Å². The standard InChI is InChI=1S/C14H17Cl2N/c15-12-5-6-13(16)11(7-12)8-17-14(9-1-2-9)10-3-4-10/h5-7,9-10,14,17H,1-4,8H2. The lowest BCUT2D eigenvalue weighted by Gasteiger charge is -2.18. The van der Waals surface area contributed by atoms with E-state index in [9.17, 15) is 0 Å². The van der Waals surface area contributed by atoms with Crippen LogP contribution in [0.5, 0.6) is 0 Å². The van der Waals surface area contributed by atoms with Crippen molar-refractivity contribution in [1.82, 2.24) is 5.32 Å². The summed E-state index contributed by atoms with van der Waals surface area (Å²) in [5, 5.41) is 5.26. The Hall–Kier alpha value is -0.240. The van der Waals surface area contributed by atoms with Crippen molar-refractivity contribution in [2.75, 3.05) is 0 Å². The van der Waals surface area contributed by atoms with Gasteiger partial charge < -0.3 is 5.32 Å². The summed E-state index contributed by atoms with van der Waals surface area (Å²) >= 11 is 12.2. The maximum atomic E-state index is 6.17. The van der Waals surface area contributed by atoms with Gasteiger partial charge in [0, 0.05) is 22.6 Å². The maximum absolute atomic E-state index is 6.17. The Morgan fingerprint density at radius 1 is 1.12 bits per heavy atom. The van der Waals surface area contributed by atoms with Gasteiger partial charge >= 0.3 is 0 Å². The first-order chi connectivity index (χ1) is 8.24. The molecule has 17 heavy (non-hydrogen) atoms. The van der Waals surface area contributed by atoms with Crippen molar-refractivity contribution in [2.45, 2.75) is 38.3 Å². The molecule has 92 valence electrons. The van der Waals surface area contributed by atoms with E-state index in [-0.39, 0.29) is 0 Å². The summed E-state index contributed by atoms with van der Waals surface area (Å²) in [6.45, 7) is 0.844. The molecule has 1 N–H and O–H groups in total. The second-order valence-electron chi connectivity index (χ2n) is 5.32. The first-order valence-electron chi connectivity index (χ1n) is 6.41. The SMILES string of the molecule is Clc1ccc(Cl)c(CNC(C2CC2)C2CC2)c1. The fraction of sp³-hybridized carbons (Fsp3) is 0.571. The van der Waals surface area contributed by atoms with Gasteiger partial charge in [-0.05, 0) is 61.3 Å². The van der Waals surface area contributed by atoms with Gasteiger partial charge in [0.25, 0.3) is 0 Å². The van der Waals surface area contributed by atoms with E-state index in [0.29, 0.717) is 6.04 Å². The van der Waals surface area contributed by atoms with Crippen molar-refractivity contribution >= 4 is 23.2 Å². The summed E-state index contributed by atoms with van der Waals surface area (Å²) in [6, 6.07) is 6.40. The highest BCUT2D eigenvalue weighted by Gasteiger charge is 2.40. The van der Waals surface area contributed by atoms with Crippen molar-refractivity contribution in [2.24, 2.45) is 11.8 Å². The smallest absolute Gasteiger partial charge is 0.0451 e. The van der Waals surface area contributed by atoms with Crippen molar-refractivity contribution in [1.29, 1.82) is 0 Å². The van der Waals surface area contributed by atoms with E-state index in [2.05, 4.69) is 5.32 Å². The first-order valence-corrected chi connectivity index (χ1v) is 7.17. The maximum Gasteiger partial charge on any atom is 0.0451 e. The van der Waals surface area contributed by atoms with Crippen LogP contribution < -0.4 is 5.32 Å². The molecule has 0 saturated heterocycles. The molecule has 0 atom stereocenters. The second-order valence-corrected chi connectivity index (χ2v) is 6.16. The predicted molar refractivity (Wildman–Crippen MR) is 72.5 cm³/mol. The van der Waals surface area contributed by atoms with Gasteiger partial charge in [0.2, 0.25) is 0 Å². The van der Waals surface area contributed by atoms with Crippen LogP contribution >= 0.6 is 23.2 Å². The fourth-order valence-electron chi connectivity index (χ4n) is 2.54. The third-order valence-electron chi connectivity index (χ3n) is 3.80. The highest BCUT2D eigenvalue weighted by molar-refractivity contribution is 6.33. The molecule has 0 aromatic heterocycles. The van der Waals surface area contributed by atoms with Gasteiger partial charge in [0.1, 0.15) is 0 Å². The van der Waals surface area contributed by atoms with Crippen LogP contribution in [0.25, 0.3) is 0 Å². The third-order valence-corrected chi connectivity index (χ3v) is 4.40. The molecule has 1 aromatic carbocycles. The number of halogens is 2. The summed E-state index contributed by atoms with van der Waals surface area (Å²) in [6.07, 6.45) is 5.60. The van der Waals surface area contributed by atoms with E-state index >= 15 is 0 Å². The van der Waals surface area contributed by atoms with Gasteiger partial charge in [-0.15, -0.1) is 0 Å². The zero-order valence-corrected chi connectivity index (χ0v) is 11.3. The summed E-state index contributed by atoms with van der Waals surface area (Å²) in [5.74, 6) is 1.83. The molecule has 3 heteroatoms. The molecule has 0 heterocycles. The highest BCUT2D eigenvalue weighted by Crippen LogP contribution is 2.44. The molecule has 0 radical (unpaired) electrons. The Labute approximate surface area is 112 Å². The Kier molecular flexibility index (Phi) is 3.34. The Morgan fingerprint density at radius 2 is 1.76 bits per heavy atom. The number of hydrogen-bond donors (Lipinski definition) is 1. The molecular weight excluding hydrogens is 253 g/mol. The van der Waals surface area contributed by atoms with Crippen LogP contribution in [0.3, 0.4) is 0 Å². The lowest BCUT2D eigenvalue weighted by Crippen LogP contribution is -2.32. The normalized spacial score (nSPS) is 19.9. The Balaban J connectivity index is 1.63. The fourth-order valence-corrected chi connectivity index (χ4v) is 2.91. The molecule has 0 aliphatic heterocycles. The van der Waals surface area contributed by atoms with E-state index in [1.165, 1.54) is 25.7 Å². The van der Waals surface area contributed by atoms with E-state index in [1.54, 1.807) is 0 Å². The number of nitrogens with one attached hydrogen (secondary N) is 1. The third kappa shape index (κ3) is 2.96. The number of benzene rings is 1. The van der Waals surface area contributed by atoms with Crippen LogP contribution in [-0.2, 0) is 6.54 Å². The molecule has 2 aliphatic carbocycles. The minimum atomic E-state index is 0.713. The van der Waals surface area contributed by atoms with E-state index in [0.717, 1.165) is 34.0 Å². The molecule has 0 unspecified atom stereocenters. The molecular formula is C14H17Cl2N. The number of hydrogen-bond acceptors (Lipinski definition) is 1. The predicted octanol–water partition coefficient (Wildman–Crippen LogP) is 4.27. The molecule has 0 bridgehead atoms. The quantitative estimate of drug-likeness (QED) is 0.842. The molecule has 2 fully saturated rings. The van der Waals surface area contributed by atoms with E-state index in [4.69, 9.17) is 23.2 Å². The monoisotopic (exact) mass is 269 g/mol. The summed E-state index contributed by atoms with van der Waals surface area (Å²) < 4.78 is 0. The highest BCUT2D eigenvalue weighted by atomic mass is 35.5. The van der Waals surface area contributed by atoms with Crippen LogP contribution in [0.2, 0.25) is 10.0 Å². The second kappa shape index (κ2) is 4.79. The van der Waals surface area contributed by atoms with Crippen molar-refractivity contribution < 1.29 is 0 Å². The Bertz CT molecular complexity index is 399. The van der Waals surface area contributed by atoms with Crippen molar-refractivity contribution in [3.05, 3.63) is 33.8 Å². The molecule has 1 aromatic rings. The average molecular weight is 270 g/mol. The molecule has 2 saturated carbocycles. The lowest BCUT2D eigenvalue weighted by atomic mass is 10.1. The lowest BCUT2D eigenvalue weighted by molar-refractivity contribution is 0.416. The van der Waals surface area contributed by atoms with Crippen molar-refractivity contribution in [3.8, 4) is 0 Å². The summed E-state index contributed by atoms with van der Waals surface area (Å²) in [4.78, 5) is 0. The minimum absolute atomic E-state index is 0.713. The average Bonchev–Trinajstić information content (AvgIpc) is 3.14. The first kappa shape index (κ1) is 11.8. The van der Waals surface area contributed by atoms with E-state index < -0.39 is 0 Å². The van der Waals surface area contributed by atoms with Crippen LogP contribution in [0.15, 0.2) is 18.2 Å². The molecule has 0 amide bonds. The zero-order chi connectivity index (χ0) is 11.8. The van der Waals surface area contributed by atoms with Gasteiger partial charge in [-0.25, -0.2) is 0 Å². The van der Waals surface area contributed by atoms with Crippen molar-refractivity contribution in [3.63, 3.8) is 0 Å². The van der Waals surface area contributed by atoms with Crippen LogP contribution in [-0.4, -0.2) is 6.04 Å². The van der Waals surface area contributed by atoms with Gasteiger partial charge in [-0.2, -0.15) is 0 Å². The summed E-state index contributed by atoms with van der Waals surface area (Å²) in [5.41, 5.74) is 1.12. The summed E-state index contributed by atoms with van der Waals surface area (Å²) in [7, 11) is 0. The van der Waals surface area contributed by atoms with E-state index in [1.807, 2.05) is 18.2 Å². The number of rotatable bonds is 5. The van der Waals surface area contributed by atoms with Crippen LogP contribution in [0.1, 0.15) is 31.2 Å². The molecule has 2 aliphatic rings. The molecule has 0 spiro atoms.